The van der Waals surface area contributed by atoms with E-state index < -0.39 is 40.1 Å². The van der Waals surface area contributed by atoms with Crippen molar-refractivity contribution in [1.29, 1.82) is 0 Å². The van der Waals surface area contributed by atoms with Gasteiger partial charge in [-0.15, -0.1) is 0 Å². The third-order valence-electron chi connectivity index (χ3n) is 17.7. The molecule has 0 aromatic heterocycles. The van der Waals surface area contributed by atoms with Gasteiger partial charge in [-0.05, 0) is 145 Å². The van der Waals surface area contributed by atoms with Crippen molar-refractivity contribution in [2.45, 2.75) is 168 Å². The molecule has 0 aliphatic carbocycles. The molecule has 91 heavy (non-hydrogen) atoms. The van der Waals surface area contributed by atoms with Crippen molar-refractivity contribution in [3.8, 4) is 0 Å². The summed E-state index contributed by atoms with van der Waals surface area (Å²) in [5, 5.41) is 63.0. The average molecular weight is 1270 g/mol. The minimum absolute atomic E-state index is 0.0369. The predicted molar refractivity (Wildman–Crippen MR) is 361 cm³/mol. The van der Waals surface area contributed by atoms with Crippen molar-refractivity contribution in [2.24, 2.45) is 21.7 Å². The molecule has 26 heteroatoms. The molecule has 8 rings (SSSR count). The zero-order valence-electron chi connectivity index (χ0n) is 56.0. The first-order valence-corrected chi connectivity index (χ1v) is 32.2. The summed E-state index contributed by atoms with van der Waals surface area (Å²) in [6.07, 6.45) is 6.40. The molecule has 12 N–H and O–H groups in total. The van der Waals surface area contributed by atoms with Gasteiger partial charge in [-0.2, -0.15) is 0 Å². The van der Waals surface area contributed by atoms with Crippen LogP contribution in [0.25, 0.3) is 0 Å². The Morgan fingerprint density at radius 3 is 1.31 bits per heavy atom. The maximum atomic E-state index is 14.0. The van der Waals surface area contributed by atoms with E-state index >= 15 is 0 Å². The largest absolute Gasteiger partial charge is 0.494 e. The Bertz CT molecular complexity index is 3030. The first-order chi connectivity index (χ1) is 43.0. The summed E-state index contributed by atoms with van der Waals surface area (Å²) in [6.45, 7) is 32.2. The van der Waals surface area contributed by atoms with Crippen molar-refractivity contribution in [2.75, 3.05) is 73.6 Å². The van der Waals surface area contributed by atoms with E-state index in [0.29, 0.717) is 81.3 Å². The van der Waals surface area contributed by atoms with Gasteiger partial charge in [0.05, 0.1) is 32.1 Å². The molecule has 0 saturated heterocycles. The normalized spacial score (nSPS) is 13.9. The molecule has 20 nitrogen and oxygen atoms in total. The molecule has 4 heterocycles. The highest BCUT2D eigenvalue weighted by molar-refractivity contribution is 6.63. The topological polar surface area (TPSA) is 282 Å². The number of hydrogen-bond acceptors (Lipinski definition) is 16. The van der Waals surface area contributed by atoms with Gasteiger partial charge in [0.2, 0.25) is 23.6 Å². The van der Waals surface area contributed by atoms with Gasteiger partial charge in [-0.1, -0.05) is 95.2 Å². The van der Waals surface area contributed by atoms with Crippen LogP contribution in [-0.2, 0) is 64.2 Å². The van der Waals surface area contributed by atoms with Gasteiger partial charge in [0.15, 0.2) is 0 Å². The molecule has 0 radical (unpaired) electrons. The fourth-order valence-electron chi connectivity index (χ4n) is 9.46. The van der Waals surface area contributed by atoms with Crippen LogP contribution in [-0.4, -0.2) is 125 Å². The molecule has 4 aliphatic heterocycles. The summed E-state index contributed by atoms with van der Waals surface area (Å²) < 4.78 is 48.4. The van der Waals surface area contributed by atoms with Gasteiger partial charge in [0, 0.05) is 96.5 Å². The van der Waals surface area contributed by atoms with Crippen LogP contribution in [0.3, 0.4) is 0 Å². The fraction of sp³-hybridized carbons (Fsp3) is 0.569. The zero-order valence-corrected chi connectivity index (χ0v) is 56.0. The second-order valence-electron chi connectivity index (χ2n) is 26.0. The van der Waals surface area contributed by atoms with Gasteiger partial charge in [0.1, 0.15) is 11.6 Å². The Balaban J connectivity index is 0.000000220. The molecule has 0 bridgehead atoms. The van der Waals surface area contributed by atoms with Gasteiger partial charge in [-0.3, -0.25) is 19.2 Å². The van der Waals surface area contributed by atoms with Crippen LogP contribution >= 0.6 is 0 Å². The molecular formula is C65H100B4F2N8O12. The van der Waals surface area contributed by atoms with Crippen LogP contribution in [0.4, 0.5) is 31.5 Å². The molecule has 4 aliphatic rings. The number of hydrogen-bond donors (Lipinski definition) is 12. The summed E-state index contributed by atoms with van der Waals surface area (Å²) >= 11 is 0. The van der Waals surface area contributed by atoms with Crippen LogP contribution in [0.5, 0.6) is 0 Å². The third kappa shape index (κ3) is 21.9. The highest BCUT2D eigenvalue weighted by Gasteiger charge is 2.34. The molecule has 0 saturated carbocycles. The lowest BCUT2D eigenvalue weighted by molar-refractivity contribution is -0.130. The lowest BCUT2D eigenvalue weighted by Crippen LogP contribution is -2.37. The lowest BCUT2D eigenvalue weighted by Gasteiger charge is -2.21. The number of anilines is 4. The van der Waals surface area contributed by atoms with Crippen LogP contribution < -0.4 is 64.4 Å². The smallest absolute Gasteiger partial charge is 0.423 e. The van der Waals surface area contributed by atoms with Crippen LogP contribution in [0, 0.1) is 40.2 Å². The fourth-order valence-corrected chi connectivity index (χ4v) is 9.46. The highest BCUT2D eigenvalue weighted by atomic mass is 19.1. The number of fused-ring (bicyclic) bond motifs is 4. The Kier molecular flexibility index (Phi) is 29.2. The number of carbonyl (C=O) groups excluding carboxylic acids is 4. The summed E-state index contributed by atoms with van der Waals surface area (Å²) in [5.41, 5.74) is 8.90. The molecule has 0 fully saturated rings. The van der Waals surface area contributed by atoms with Crippen molar-refractivity contribution < 1.29 is 66.7 Å². The van der Waals surface area contributed by atoms with Crippen LogP contribution in [0.15, 0.2) is 54.6 Å². The summed E-state index contributed by atoms with van der Waals surface area (Å²) in [6, 6.07) is 15.8. The quantitative estimate of drug-likeness (QED) is 0.0243. The lowest BCUT2D eigenvalue weighted by atomic mass is 9.78. The average Bonchev–Trinajstić information content (AvgIpc) is 2.15. The molecule has 4 amide bonds. The minimum Gasteiger partial charge on any atom is -0.423 e. The number of nitrogens with one attached hydrogen (secondary N) is 8. The number of amides is 4. The Labute approximate surface area is 539 Å². The predicted octanol–water partition coefficient (Wildman–Crippen LogP) is 5.62. The summed E-state index contributed by atoms with van der Waals surface area (Å²) in [4.78, 5) is 47.7. The third-order valence-corrected chi connectivity index (χ3v) is 17.7. The molecule has 0 atom stereocenters. The van der Waals surface area contributed by atoms with Crippen LogP contribution in [0.2, 0.25) is 0 Å². The van der Waals surface area contributed by atoms with E-state index in [1.165, 1.54) is 12.1 Å². The molecule has 498 valence electrons. The molecule has 4 aromatic carbocycles. The van der Waals surface area contributed by atoms with Gasteiger partial charge < -0.3 is 81.2 Å². The first-order valence-electron chi connectivity index (χ1n) is 32.2. The summed E-state index contributed by atoms with van der Waals surface area (Å²) in [5.74, 6) is -0.569. The van der Waals surface area contributed by atoms with Crippen molar-refractivity contribution in [3.05, 3.63) is 94.0 Å². The standard InChI is InChI=1S/C17H27BN2O3.2C16H24BFN2O3.C16H25BN2O3/c1-5-17(3,4)16(21)20-10-6-9-19-15-8-7-14-13(12(15)2)11-23-18(14)22;1-4-16(2,3)15(21)20-7-5-6-19-14-8-11-10-23-17(22)12(11)9-13(14)18;1-4-16(2,3)15(21)20-7-5-6-19-12-8-11-10-23-17(22)14(11)13(18)9-12;1-4-16(2,3)15(20)19-9-5-8-18-13-6-7-14-12(10-13)11-22-17(14)21/h7-8,19,22H,5-6,9-11H2,1-4H3,(H,20,21);2*8-9,19,22H,4-7,10H2,1-3H3,(H,20,21);6-7,10,18,21H,4-5,8-9,11H2,1-3H3,(H,19,20). The van der Waals surface area contributed by atoms with Crippen molar-refractivity contribution in [1.82, 2.24) is 21.3 Å². The monoisotopic (exact) mass is 1270 g/mol. The number of halogens is 2. The molecule has 4 aromatic rings. The SMILES string of the molecule is CCC(C)(C)C(=O)NCCCNc1cc(F)c2c(c1)COB2O.CCC(C)(C)C(=O)NCCCNc1cc2c(cc1F)B(O)OC2.CCC(C)(C)C(=O)NCCCNc1ccc2c(c1)COB2O.CCC(C)(C)C(=O)NCCCNc1ccc2c(c1C)COB2O. The maximum Gasteiger partial charge on any atom is 0.494 e. The van der Waals surface area contributed by atoms with E-state index in [1.54, 1.807) is 12.1 Å². The molecule has 0 unspecified atom stereocenters. The highest BCUT2D eigenvalue weighted by Crippen LogP contribution is 2.26. The zero-order chi connectivity index (χ0) is 67.3. The second kappa shape index (κ2) is 35.1. The molecule has 0 spiro atoms. The number of benzene rings is 4. The van der Waals surface area contributed by atoms with Crippen molar-refractivity contribution >= 4 is 96.7 Å². The van der Waals surface area contributed by atoms with Gasteiger partial charge >= 0.3 is 28.5 Å². The number of carbonyl (C=O) groups is 4. The van der Waals surface area contributed by atoms with E-state index in [2.05, 4.69) is 42.5 Å². The minimum atomic E-state index is -1.17. The van der Waals surface area contributed by atoms with Crippen molar-refractivity contribution in [3.63, 3.8) is 0 Å². The maximum absolute atomic E-state index is 14.0. The van der Waals surface area contributed by atoms with E-state index in [1.807, 2.05) is 120 Å². The second-order valence-corrected chi connectivity index (χ2v) is 26.0. The molecular weight excluding hydrogens is 1170 g/mol. The van der Waals surface area contributed by atoms with Gasteiger partial charge in [-0.25, -0.2) is 8.78 Å². The summed E-state index contributed by atoms with van der Waals surface area (Å²) in [7, 11) is -3.79. The van der Waals surface area contributed by atoms with E-state index in [0.717, 1.165) is 103 Å². The van der Waals surface area contributed by atoms with E-state index in [9.17, 15) is 48.1 Å². The van der Waals surface area contributed by atoms with E-state index in [4.69, 9.17) is 18.6 Å². The Morgan fingerprint density at radius 1 is 0.429 bits per heavy atom. The Hall–Kier alpha value is -6.24. The van der Waals surface area contributed by atoms with E-state index in [-0.39, 0.29) is 64.0 Å². The van der Waals surface area contributed by atoms with Gasteiger partial charge in [0.25, 0.3) is 0 Å². The number of rotatable bonds is 28. The first kappa shape index (κ1) is 75.5. The Morgan fingerprint density at radius 2 is 0.813 bits per heavy atom. The van der Waals surface area contributed by atoms with Crippen LogP contribution in [0.1, 0.15) is 162 Å².